The maximum Gasteiger partial charge on any atom is 0.0491 e. The zero-order chi connectivity index (χ0) is 36.6. The van der Waals surface area contributed by atoms with Gasteiger partial charge in [-0.2, -0.15) is 0 Å². The first-order chi connectivity index (χ1) is 27.2. The molecule has 1 heteroatoms. The van der Waals surface area contributed by atoms with Crippen LogP contribution < -0.4 is 0 Å². The Bertz CT molecular complexity index is 3250. The summed E-state index contributed by atoms with van der Waals surface area (Å²) in [7, 11) is 0. The third kappa shape index (κ3) is 4.72. The molecule has 0 nitrogen and oxygen atoms in total. The largest absolute Gasteiger partial charge is 0.0984 e. The Morgan fingerprint density at radius 2 is 1.00 bits per heavy atom. The first-order valence-electron chi connectivity index (χ1n) is 18.8. The van der Waals surface area contributed by atoms with E-state index in [0.29, 0.717) is 5.03 Å². The van der Waals surface area contributed by atoms with Gasteiger partial charge in [0.15, 0.2) is 0 Å². The molecular formula is C54H33Cl. The van der Waals surface area contributed by atoms with Crippen molar-refractivity contribution < 1.29 is 0 Å². The highest BCUT2D eigenvalue weighted by atomic mass is 35.5. The van der Waals surface area contributed by atoms with Crippen molar-refractivity contribution in [3.8, 4) is 44.5 Å². The number of rotatable bonds is 5. The average molecular weight is 717 g/mol. The molecule has 10 aromatic carbocycles. The van der Waals surface area contributed by atoms with Gasteiger partial charge in [0.05, 0.1) is 0 Å². The second-order valence-electron chi connectivity index (χ2n) is 14.5. The predicted molar refractivity (Wildman–Crippen MR) is 240 cm³/mol. The SMILES string of the molecule is C=Cc1ccc2c(ccc3c(-c4ccccc4)c4c(c(-c5ccccc5)c32)-c2cc3ccccc3c3cccc-4c23)c1/C=C(\Cl)c1cccc2ccccc12. The smallest absolute Gasteiger partial charge is 0.0491 e. The van der Waals surface area contributed by atoms with Gasteiger partial charge in [-0.15, -0.1) is 0 Å². The van der Waals surface area contributed by atoms with Crippen molar-refractivity contribution in [2.24, 2.45) is 0 Å². The molecule has 0 bridgehead atoms. The number of hydrogen-bond donors (Lipinski definition) is 0. The molecule has 0 radical (unpaired) electrons. The molecule has 0 saturated heterocycles. The van der Waals surface area contributed by atoms with Crippen molar-refractivity contribution in [2.45, 2.75) is 0 Å². The van der Waals surface area contributed by atoms with Gasteiger partial charge in [0, 0.05) is 10.6 Å². The normalized spacial score (nSPS) is 12.3. The summed E-state index contributed by atoms with van der Waals surface area (Å²) in [5, 5.41) is 12.9. The Morgan fingerprint density at radius 3 is 1.78 bits per heavy atom. The second-order valence-corrected chi connectivity index (χ2v) is 14.9. The van der Waals surface area contributed by atoms with Crippen molar-refractivity contribution in [2.75, 3.05) is 0 Å². The van der Waals surface area contributed by atoms with Crippen LogP contribution in [0, 0.1) is 0 Å². The molecule has 1 aliphatic carbocycles. The van der Waals surface area contributed by atoms with Crippen molar-refractivity contribution >= 4 is 82.6 Å². The lowest BCUT2D eigenvalue weighted by Gasteiger charge is -2.22. The summed E-state index contributed by atoms with van der Waals surface area (Å²) in [6, 6.07) is 63.9. The zero-order valence-electron chi connectivity index (χ0n) is 30.0. The van der Waals surface area contributed by atoms with E-state index in [9.17, 15) is 0 Å². The van der Waals surface area contributed by atoms with E-state index in [4.69, 9.17) is 11.6 Å². The Morgan fingerprint density at radius 1 is 0.418 bits per heavy atom. The fourth-order valence-corrected chi connectivity index (χ4v) is 9.59. The first kappa shape index (κ1) is 31.8. The topological polar surface area (TPSA) is 0 Å². The van der Waals surface area contributed by atoms with Crippen LogP contribution in [0.5, 0.6) is 0 Å². The highest BCUT2D eigenvalue weighted by molar-refractivity contribution is 6.52. The Hall–Kier alpha value is -6.73. The van der Waals surface area contributed by atoms with Gasteiger partial charge >= 0.3 is 0 Å². The third-order valence-corrected chi connectivity index (χ3v) is 11.9. The molecule has 0 fully saturated rings. The van der Waals surface area contributed by atoms with Crippen LogP contribution in [-0.4, -0.2) is 0 Å². The lowest BCUT2D eigenvalue weighted by Crippen LogP contribution is -1.96. The summed E-state index contributed by atoms with van der Waals surface area (Å²) in [5.41, 5.74) is 13.2. The highest BCUT2D eigenvalue weighted by Crippen LogP contribution is 2.59. The van der Waals surface area contributed by atoms with Gasteiger partial charge in [0.25, 0.3) is 0 Å². The van der Waals surface area contributed by atoms with Gasteiger partial charge in [0.2, 0.25) is 0 Å². The minimum atomic E-state index is 0.698. The minimum Gasteiger partial charge on any atom is -0.0984 e. The summed E-state index contributed by atoms with van der Waals surface area (Å²) in [6.07, 6.45) is 4.09. The number of fused-ring (bicyclic) bond motifs is 9. The van der Waals surface area contributed by atoms with E-state index in [1.807, 2.05) is 6.08 Å². The van der Waals surface area contributed by atoms with E-state index >= 15 is 0 Å². The lowest BCUT2D eigenvalue weighted by molar-refractivity contribution is 1.62. The van der Waals surface area contributed by atoms with Crippen LogP contribution in [0.3, 0.4) is 0 Å². The van der Waals surface area contributed by atoms with Gasteiger partial charge < -0.3 is 0 Å². The monoisotopic (exact) mass is 716 g/mol. The third-order valence-electron chi connectivity index (χ3n) is 11.6. The molecule has 1 aliphatic rings. The molecule has 0 heterocycles. The van der Waals surface area contributed by atoms with E-state index in [1.54, 1.807) is 0 Å². The number of halogens is 1. The molecule has 0 aromatic heterocycles. The average Bonchev–Trinajstić information content (AvgIpc) is 3.57. The quantitative estimate of drug-likeness (QED) is 0.123. The molecule has 55 heavy (non-hydrogen) atoms. The van der Waals surface area contributed by atoms with Crippen LogP contribution in [0.4, 0.5) is 0 Å². The van der Waals surface area contributed by atoms with Crippen molar-refractivity contribution in [1.29, 1.82) is 0 Å². The van der Waals surface area contributed by atoms with Crippen molar-refractivity contribution in [3.05, 3.63) is 199 Å². The molecule has 0 saturated carbocycles. The molecule has 0 unspecified atom stereocenters. The summed E-state index contributed by atoms with van der Waals surface area (Å²) in [6.45, 7) is 4.25. The Kier molecular flexibility index (Phi) is 7.17. The van der Waals surface area contributed by atoms with Crippen LogP contribution >= 0.6 is 11.6 Å². The standard InChI is InChI=1S/C54H33Cl/c1-2-33-27-28-43-40(46(33)32-48(55)41-24-13-21-34-15-9-11-22-38(34)41)29-30-45-49(35-16-5-3-6-17-35)53-44-26-14-25-42-39-23-12-10-20-37(39)31-47(51(42)44)54(53)50(52(43)45)36-18-7-4-8-19-36/h2-32H,1H2/b48-32-. The number of hydrogen-bond acceptors (Lipinski definition) is 0. The summed E-state index contributed by atoms with van der Waals surface area (Å²) in [5.74, 6) is 0. The zero-order valence-corrected chi connectivity index (χ0v) is 30.7. The van der Waals surface area contributed by atoms with Crippen molar-refractivity contribution in [3.63, 3.8) is 0 Å². The van der Waals surface area contributed by atoms with E-state index in [-0.39, 0.29) is 0 Å². The molecule has 0 N–H and O–H groups in total. The second kappa shape index (κ2) is 12.4. The molecule has 10 aromatic rings. The Labute approximate surface area is 324 Å². The molecule has 0 aliphatic heterocycles. The van der Waals surface area contributed by atoms with Gasteiger partial charge in [0.1, 0.15) is 0 Å². The molecule has 0 atom stereocenters. The van der Waals surface area contributed by atoms with Gasteiger partial charge in [-0.1, -0.05) is 194 Å². The lowest BCUT2D eigenvalue weighted by atomic mass is 9.80. The fourth-order valence-electron chi connectivity index (χ4n) is 9.32. The van der Waals surface area contributed by atoms with Crippen LogP contribution in [0.15, 0.2) is 183 Å². The highest BCUT2D eigenvalue weighted by Gasteiger charge is 2.32. The summed E-state index contributed by atoms with van der Waals surface area (Å²) >= 11 is 7.35. The van der Waals surface area contributed by atoms with Crippen LogP contribution in [0.1, 0.15) is 16.7 Å². The van der Waals surface area contributed by atoms with Crippen molar-refractivity contribution in [1.82, 2.24) is 0 Å². The van der Waals surface area contributed by atoms with E-state index in [1.165, 1.54) is 82.2 Å². The van der Waals surface area contributed by atoms with Gasteiger partial charge in [-0.05, 0) is 122 Å². The molecule has 0 amide bonds. The molecule has 256 valence electrons. The molecule has 0 spiro atoms. The van der Waals surface area contributed by atoms with E-state index < -0.39 is 0 Å². The van der Waals surface area contributed by atoms with Gasteiger partial charge in [-0.3, -0.25) is 0 Å². The fraction of sp³-hybridized carbons (Fsp3) is 0. The minimum absolute atomic E-state index is 0.698. The summed E-state index contributed by atoms with van der Waals surface area (Å²) < 4.78 is 0. The predicted octanol–water partition coefficient (Wildman–Crippen LogP) is 15.8. The first-order valence-corrected chi connectivity index (χ1v) is 19.2. The van der Waals surface area contributed by atoms with Crippen LogP contribution in [-0.2, 0) is 0 Å². The van der Waals surface area contributed by atoms with Gasteiger partial charge in [-0.25, -0.2) is 0 Å². The maximum absolute atomic E-state index is 7.35. The maximum atomic E-state index is 7.35. The van der Waals surface area contributed by atoms with Crippen LogP contribution in [0.2, 0.25) is 0 Å². The van der Waals surface area contributed by atoms with Crippen LogP contribution in [0.25, 0.3) is 116 Å². The van der Waals surface area contributed by atoms with E-state index in [2.05, 4.69) is 189 Å². The summed E-state index contributed by atoms with van der Waals surface area (Å²) in [4.78, 5) is 0. The number of benzene rings is 10. The van der Waals surface area contributed by atoms with E-state index in [0.717, 1.165) is 32.8 Å². The molecular weight excluding hydrogens is 684 g/mol. The molecule has 11 rings (SSSR count). The Balaban J connectivity index is 1.33.